The minimum atomic E-state index is 0.0735. The van der Waals surface area contributed by atoms with E-state index in [0.29, 0.717) is 26.3 Å². The van der Waals surface area contributed by atoms with Crippen molar-refractivity contribution in [2.75, 3.05) is 19.8 Å². The number of morpholine rings is 1. The second kappa shape index (κ2) is 5.29. The number of nitrogens with two attached hydrogens (primary N) is 1. The van der Waals surface area contributed by atoms with E-state index in [1.54, 1.807) is 0 Å². The second-order valence-corrected chi connectivity index (χ2v) is 4.32. The van der Waals surface area contributed by atoms with Crippen LogP contribution in [0.2, 0.25) is 0 Å². The van der Waals surface area contributed by atoms with Crippen LogP contribution in [0.15, 0.2) is 24.3 Å². The molecule has 0 aliphatic carbocycles. The largest absolute Gasteiger partial charge is 0.377 e. The molecular weight excluding hydrogens is 216 g/mol. The number of hydrogen-bond acceptors (Lipinski definition) is 3. The Balaban J connectivity index is 2.12. The van der Waals surface area contributed by atoms with Gasteiger partial charge in [-0.05, 0) is 24.6 Å². The summed E-state index contributed by atoms with van der Waals surface area (Å²) < 4.78 is 5.32. The highest BCUT2D eigenvalue weighted by molar-refractivity contribution is 5.94. The van der Waals surface area contributed by atoms with E-state index in [2.05, 4.69) is 0 Å². The smallest absolute Gasteiger partial charge is 0.254 e. The number of benzene rings is 1. The number of carbonyl (C=O) groups is 1. The SMILES string of the molecule is CC1COCCN1C(=O)c1ccc(CN)cc1. The Morgan fingerprint density at radius 2 is 2.18 bits per heavy atom. The van der Waals surface area contributed by atoms with Crippen molar-refractivity contribution < 1.29 is 9.53 Å². The highest BCUT2D eigenvalue weighted by atomic mass is 16.5. The van der Waals surface area contributed by atoms with E-state index in [1.165, 1.54) is 0 Å². The Bertz CT molecular complexity index is 389. The topological polar surface area (TPSA) is 55.6 Å². The lowest BCUT2D eigenvalue weighted by Crippen LogP contribution is -2.47. The minimum absolute atomic E-state index is 0.0735. The maximum absolute atomic E-state index is 12.2. The molecule has 1 aromatic carbocycles. The van der Waals surface area contributed by atoms with E-state index in [9.17, 15) is 4.79 Å². The standard InChI is InChI=1S/C13H18N2O2/c1-10-9-17-7-6-15(10)13(16)12-4-2-11(8-14)3-5-12/h2-5,10H,6-9,14H2,1H3. The van der Waals surface area contributed by atoms with Crippen LogP contribution >= 0.6 is 0 Å². The van der Waals surface area contributed by atoms with E-state index >= 15 is 0 Å². The molecule has 1 heterocycles. The van der Waals surface area contributed by atoms with Gasteiger partial charge in [-0.3, -0.25) is 4.79 Å². The van der Waals surface area contributed by atoms with Gasteiger partial charge in [-0.15, -0.1) is 0 Å². The first-order chi connectivity index (χ1) is 8.22. The van der Waals surface area contributed by atoms with Crippen molar-refractivity contribution in [3.63, 3.8) is 0 Å². The average molecular weight is 234 g/mol. The molecule has 1 saturated heterocycles. The molecule has 0 aromatic heterocycles. The van der Waals surface area contributed by atoms with E-state index in [0.717, 1.165) is 11.1 Å². The van der Waals surface area contributed by atoms with Crippen LogP contribution in [0.3, 0.4) is 0 Å². The van der Waals surface area contributed by atoms with Crippen LogP contribution in [-0.4, -0.2) is 36.6 Å². The molecule has 17 heavy (non-hydrogen) atoms. The third-order valence-corrected chi connectivity index (χ3v) is 3.07. The average Bonchev–Trinajstić information content (AvgIpc) is 2.39. The summed E-state index contributed by atoms with van der Waals surface area (Å²) >= 11 is 0. The molecule has 0 bridgehead atoms. The van der Waals surface area contributed by atoms with Crippen LogP contribution in [0.25, 0.3) is 0 Å². The van der Waals surface area contributed by atoms with Crippen molar-refractivity contribution in [3.8, 4) is 0 Å². The van der Waals surface area contributed by atoms with Crippen LogP contribution in [0.4, 0.5) is 0 Å². The van der Waals surface area contributed by atoms with Gasteiger partial charge in [-0.25, -0.2) is 0 Å². The van der Waals surface area contributed by atoms with Gasteiger partial charge in [0.15, 0.2) is 0 Å². The lowest BCUT2D eigenvalue weighted by Gasteiger charge is -2.33. The van der Waals surface area contributed by atoms with Gasteiger partial charge in [0.25, 0.3) is 5.91 Å². The Labute approximate surface area is 101 Å². The van der Waals surface area contributed by atoms with Crippen molar-refractivity contribution in [3.05, 3.63) is 35.4 Å². The number of carbonyl (C=O) groups excluding carboxylic acids is 1. The molecule has 4 nitrogen and oxygen atoms in total. The van der Waals surface area contributed by atoms with E-state index < -0.39 is 0 Å². The highest BCUT2D eigenvalue weighted by Crippen LogP contribution is 2.13. The van der Waals surface area contributed by atoms with Gasteiger partial charge in [0.2, 0.25) is 0 Å². The Hall–Kier alpha value is -1.39. The molecule has 1 amide bonds. The molecule has 2 rings (SSSR count). The third kappa shape index (κ3) is 2.65. The molecule has 0 spiro atoms. The maximum Gasteiger partial charge on any atom is 0.254 e. The van der Waals surface area contributed by atoms with E-state index in [1.807, 2.05) is 36.1 Å². The summed E-state index contributed by atoms with van der Waals surface area (Å²) in [6, 6.07) is 7.63. The number of rotatable bonds is 2. The first-order valence-electron chi connectivity index (χ1n) is 5.90. The number of amides is 1. The molecule has 1 aromatic rings. The predicted octanol–water partition coefficient (Wildman–Crippen LogP) is 1.01. The van der Waals surface area contributed by atoms with Gasteiger partial charge < -0.3 is 15.4 Å². The zero-order chi connectivity index (χ0) is 12.3. The normalized spacial score (nSPS) is 20.4. The summed E-state index contributed by atoms with van der Waals surface area (Å²) in [7, 11) is 0. The Morgan fingerprint density at radius 1 is 1.47 bits per heavy atom. The quantitative estimate of drug-likeness (QED) is 0.830. The van der Waals surface area contributed by atoms with Gasteiger partial charge in [-0.1, -0.05) is 12.1 Å². The fraction of sp³-hybridized carbons (Fsp3) is 0.462. The van der Waals surface area contributed by atoms with Crippen LogP contribution in [0.1, 0.15) is 22.8 Å². The maximum atomic E-state index is 12.2. The molecule has 0 radical (unpaired) electrons. The highest BCUT2D eigenvalue weighted by Gasteiger charge is 2.24. The van der Waals surface area contributed by atoms with Crippen LogP contribution in [-0.2, 0) is 11.3 Å². The lowest BCUT2D eigenvalue weighted by atomic mass is 10.1. The van der Waals surface area contributed by atoms with Gasteiger partial charge >= 0.3 is 0 Å². The van der Waals surface area contributed by atoms with Crippen LogP contribution in [0, 0.1) is 0 Å². The van der Waals surface area contributed by atoms with Crippen molar-refractivity contribution >= 4 is 5.91 Å². The molecule has 1 atom stereocenters. The molecule has 92 valence electrons. The minimum Gasteiger partial charge on any atom is -0.377 e. The number of ether oxygens (including phenoxy) is 1. The Morgan fingerprint density at radius 3 is 2.76 bits per heavy atom. The summed E-state index contributed by atoms with van der Waals surface area (Å²) in [6.07, 6.45) is 0. The van der Waals surface area contributed by atoms with Gasteiger partial charge in [-0.2, -0.15) is 0 Å². The van der Waals surface area contributed by atoms with Gasteiger partial charge in [0, 0.05) is 18.7 Å². The molecule has 0 saturated carbocycles. The van der Waals surface area contributed by atoms with Crippen molar-refractivity contribution in [1.29, 1.82) is 0 Å². The van der Waals surface area contributed by atoms with Gasteiger partial charge in [0.1, 0.15) is 0 Å². The molecular formula is C13H18N2O2. The van der Waals surface area contributed by atoms with Crippen molar-refractivity contribution in [2.45, 2.75) is 19.5 Å². The van der Waals surface area contributed by atoms with E-state index in [-0.39, 0.29) is 11.9 Å². The van der Waals surface area contributed by atoms with Crippen LogP contribution < -0.4 is 5.73 Å². The van der Waals surface area contributed by atoms with E-state index in [4.69, 9.17) is 10.5 Å². The summed E-state index contributed by atoms with van der Waals surface area (Å²) in [5.74, 6) is 0.0735. The molecule has 1 unspecified atom stereocenters. The van der Waals surface area contributed by atoms with Crippen molar-refractivity contribution in [2.24, 2.45) is 5.73 Å². The predicted molar refractivity (Wildman–Crippen MR) is 65.7 cm³/mol. The summed E-state index contributed by atoms with van der Waals surface area (Å²) in [5, 5.41) is 0. The van der Waals surface area contributed by atoms with Crippen LogP contribution in [0.5, 0.6) is 0 Å². The number of nitrogens with zero attached hydrogens (tertiary/aromatic N) is 1. The second-order valence-electron chi connectivity index (χ2n) is 4.32. The zero-order valence-corrected chi connectivity index (χ0v) is 10.1. The summed E-state index contributed by atoms with van der Waals surface area (Å²) in [6.45, 7) is 4.41. The monoisotopic (exact) mass is 234 g/mol. The molecule has 1 aliphatic rings. The third-order valence-electron chi connectivity index (χ3n) is 3.07. The Kier molecular flexibility index (Phi) is 3.76. The summed E-state index contributed by atoms with van der Waals surface area (Å²) in [5.41, 5.74) is 7.29. The number of hydrogen-bond donors (Lipinski definition) is 1. The molecule has 4 heteroatoms. The molecule has 1 fully saturated rings. The summed E-state index contributed by atoms with van der Waals surface area (Å²) in [4.78, 5) is 14.1. The zero-order valence-electron chi connectivity index (χ0n) is 10.1. The fourth-order valence-electron chi connectivity index (χ4n) is 1.98. The first kappa shape index (κ1) is 12.1. The fourth-order valence-corrected chi connectivity index (χ4v) is 1.98. The lowest BCUT2D eigenvalue weighted by molar-refractivity contribution is 0.00359. The molecule has 2 N–H and O–H groups in total. The van der Waals surface area contributed by atoms with Crippen molar-refractivity contribution in [1.82, 2.24) is 4.90 Å². The van der Waals surface area contributed by atoms with Gasteiger partial charge in [0.05, 0.1) is 19.3 Å². The molecule has 1 aliphatic heterocycles. The first-order valence-corrected chi connectivity index (χ1v) is 5.90.